The summed E-state index contributed by atoms with van der Waals surface area (Å²) in [5, 5.41) is 0. The van der Waals surface area contributed by atoms with Crippen LogP contribution in [0.3, 0.4) is 0 Å². The van der Waals surface area contributed by atoms with Gasteiger partial charge in [-0.25, -0.2) is 4.79 Å². The summed E-state index contributed by atoms with van der Waals surface area (Å²) in [6.07, 6.45) is 0.134. The highest BCUT2D eigenvalue weighted by atomic mass is 16.6. The fourth-order valence-electron chi connectivity index (χ4n) is 1.58. The number of methoxy groups -OCH3 is 1. The van der Waals surface area contributed by atoms with Crippen LogP contribution in [0.25, 0.3) is 0 Å². The molecule has 0 fully saturated rings. The third-order valence-corrected chi connectivity index (χ3v) is 2.66. The van der Waals surface area contributed by atoms with Gasteiger partial charge in [-0.1, -0.05) is 6.92 Å². The molecule has 0 bridgehead atoms. The molecule has 0 spiro atoms. The summed E-state index contributed by atoms with van der Waals surface area (Å²) in [6, 6.07) is -0.989. The SMILES string of the molecule is CCC(C)N(C(=O)OC(C)(C)C)C(COC)C(N)=O. The molecule has 2 N–H and O–H groups in total. The van der Waals surface area contributed by atoms with Gasteiger partial charge in [0.2, 0.25) is 5.91 Å². The van der Waals surface area contributed by atoms with Crippen molar-refractivity contribution in [1.29, 1.82) is 0 Å². The largest absolute Gasteiger partial charge is 0.444 e. The van der Waals surface area contributed by atoms with Crippen LogP contribution in [0.5, 0.6) is 0 Å². The van der Waals surface area contributed by atoms with Crippen molar-refractivity contribution in [2.75, 3.05) is 13.7 Å². The Labute approximate surface area is 115 Å². The lowest BCUT2D eigenvalue weighted by molar-refractivity contribution is -0.126. The van der Waals surface area contributed by atoms with E-state index in [-0.39, 0.29) is 12.6 Å². The molecule has 0 aromatic heterocycles. The fourth-order valence-corrected chi connectivity index (χ4v) is 1.58. The van der Waals surface area contributed by atoms with Crippen molar-refractivity contribution in [1.82, 2.24) is 4.90 Å². The first-order valence-corrected chi connectivity index (χ1v) is 6.43. The molecule has 0 aliphatic rings. The molecule has 0 heterocycles. The van der Waals surface area contributed by atoms with Gasteiger partial charge >= 0.3 is 6.09 Å². The minimum Gasteiger partial charge on any atom is -0.444 e. The Kier molecular flexibility index (Phi) is 6.83. The highest BCUT2D eigenvalue weighted by Gasteiger charge is 2.34. The van der Waals surface area contributed by atoms with Crippen LogP contribution in [0.2, 0.25) is 0 Å². The van der Waals surface area contributed by atoms with Gasteiger partial charge in [0.05, 0.1) is 6.61 Å². The Morgan fingerprint density at radius 3 is 2.16 bits per heavy atom. The molecule has 0 saturated carbocycles. The number of ether oxygens (including phenoxy) is 2. The molecule has 2 unspecified atom stereocenters. The molecular weight excluding hydrogens is 248 g/mol. The summed E-state index contributed by atoms with van der Waals surface area (Å²) in [5.41, 5.74) is 4.72. The van der Waals surface area contributed by atoms with Gasteiger partial charge in [0.1, 0.15) is 11.6 Å². The summed E-state index contributed by atoms with van der Waals surface area (Å²) < 4.78 is 10.3. The predicted octanol–water partition coefficient (Wildman–Crippen LogP) is 1.52. The lowest BCUT2D eigenvalue weighted by atomic mass is 10.1. The zero-order valence-electron chi connectivity index (χ0n) is 12.7. The first-order chi connectivity index (χ1) is 8.64. The Balaban J connectivity index is 5.18. The number of carbonyl (C=O) groups is 2. The first kappa shape index (κ1) is 17.7. The first-order valence-electron chi connectivity index (χ1n) is 6.43. The zero-order valence-corrected chi connectivity index (χ0v) is 12.7. The van der Waals surface area contributed by atoms with Crippen LogP contribution in [0.4, 0.5) is 4.79 Å². The van der Waals surface area contributed by atoms with Crippen LogP contribution in [0, 0.1) is 0 Å². The lowest BCUT2D eigenvalue weighted by Gasteiger charge is -2.35. The van der Waals surface area contributed by atoms with E-state index in [1.165, 1.54) is 12.0 Å². The van der Waals surface area contributed by atoms with Gasteiger partial charge in [0, 0.05) is 13.2 Å². The van der Waals surface area contributed by atoms with Gasteiger partial charge in [-0.15, -0.1) is 0 Å². The van der Waals surface area contributed by atoms with Gasteiger partial charge < -0.3 is 15.2 Å². The van der Waals surface area contributed by atoms with E-state index in [9.17, 15) is 9.59 Å². The summed E-state index contributed by atoms with van der Waals surface area (Å²) in [7, 11) is 1.46. The second kappa shape index (κ2) is 7.33. The second-order valence-electron chi connectivity index (χ2n) is 5.52. The maximum atomic E-state index is 12.2. The summed E-state index contributed by atoms with van der Waals surface area (Å²) >= 11 is 0. The smallest absolute Gasteiger partial charge is 0.411 e. The molecule has 0 aromatic carbocycles. The minimum atomic E-state index is -0.824. The molecular formula is C13H26N2O4. The summed E-state index contributed by atoms with van der Waals surface area (Å²) in [4.78, 5) is 25.1. The molecule has 112 valence electrons. The highest BCUT2D eigenvalue weighted by Crippen LogP contribution is 2.16. The number of rotatable bonds is 6. The Hall–Kier alpha value is -1.30. The molecule has 19 heavy (non-hydrogen) atoms. The van der Waals surface area contributed by atoms with Crippen LogP contribution in [-0.2, 0) is 14.3 Å². The van der Waals surface area contributed by atoms with E-state index in [4.69, 9.17) is 15.2 Å². The monoisotopic (exact) mass is 274 g/mol. The van der Waals surface area contributed by atoms with Crippen LogP contribution < -0.4 is 5.73 Å². The van der Waals surface area contributed by atoms with Crippen molar-refractivity contribution in [2.24, 2.45) is 5.73 Å². The van der Waals surface area contributed by atoms with Crippen molar-refractivity contribution in [3.05, 3.63) is 0 Å². The maximum absolute atomic E-state index is 12.2. The Bertz CT molecular complexity index is 312. The molecule has 0 radical (unpaired) electrons. The zero-order chi connectivity index (χ0) is 15.2. The van der Waals surface area contributed by atoms with Crippen LogP contribution in [0.1, 0.15) is 41.0 Å². The van der Waals surface area contributed by atoms with Gasteiger partial charge in [0.15, 0.2) is 0 Å². The van der Waals surface area contributed by atoms with Gasteiger partial charge in [0.25, 0.3) is 0 Å². The lowest BCUT2D eigenvalue weighted by Crippen LogP contribution is -2.55. The van der Waals surface area contributed by atoms with Gasteiger partial charge in [-0.2, -0.15) is 0 Å². The average molecular weight is 274 g/mol. The van der Waals surface area contributed by atoms with E-state index < -0.39 is 23.6 Å². The van der Waals surface area contributed by atoms with E-state index in [0.29, 0.717) is 6.42 Å². The van der Waals surface area contributed by atoms with E-state index in [1.807, 2.05) is 13.8 Å². The van der Waals surface area contributed by atoms with Crippen LogP contribution >= 0.6 is 0 Å². The number of amides is 2. The van der Waals surface area contributed by atoms with E-state index in [1.54, 1.807) is 20.8 Å². The average Bonchev–Trinajstić information content (AvgIpc) is 2.25. The molecule has 2 amide bonds. The third-order valence-electron chi connectivity index (χ3n) is 2.66. The van der Waals surface area contributed by atoms with E-state index >= 15 is 0 Å². The summed E-state index contributed by atoms with van der Waals surface area (Å²) in [5.74, 6) is -0.604. The third kappa shape index (κ3) is 5.92. The normalized spacial score (nSPS) is 14.6. The van der Waals surface area contributed by atoms with Crippen molar-refractivity contribution in [2.45, 2.75) is 58.7 Å². The van der Waals surface area contributed by atoms with E-state index in [0.717, 1.165) is 0 Å². The molecule has 0 aliphatic carbocycles. The predicted molar refractivity (Wildman–Crippen MR) is 72.7 cm³/mol. The van der Waals surface area contributed by atoms with Crippen LogP contribution in [-0.4, -0.2) is 48.3 Å². The molecule has 0 rings (SSSR count). The summed E-state index contributed by atoms with van der Waals surface area (Å²) in [6.45, 7) is 9.14. The number of hydrogen-bond donors (Lipinski definition) is 1. The number of carbonyl (C=O) groups excluding carboxylic acids is 2. The van der Waals surface area contributed by atoms with Crippen LogP contribution in [0.15, 0.2) is 0 Å². The quantitative estimate of drug-likeness (QED) is 0.796. The molecule has 6 nitrogen and oxygen atoms in total. The molecule has 2 atom stereocenters. The minimum absolute atomic E-state index is 0.0545. The van der Waals surface area contributed by atoms with E-state index in [2.05, 4.69) is 0 Å². The molecule has 0 aromatic rings. The van der Waals surface area contributed by atoms with Crippen molar-refractivity contribution < 1.29 is 19.1 Å². The Morgan fingerprint density at radius 1 is 1.32 bits per heavy atom. The van der Waals surface area contributed by atoms with Gasteiger partial charge in [-0.05, 0) is 34.1 Å². The number of nitrogens with two attached hydrogens (primary N) is 1. The Morgan fingerprint density at radius 2 is 1.84 bits per heavy atom. The standard InChI is InChI=1S/C13H26N2O4/c1-7-9(2)15(10(8-18-6)11(14)16)12(17)19-13(3,4)5/h9-10H,7-8H2,1-6H3,(H2,14,16). The molecule has 0 saturated heterocycles. The highest BCUT2D eigenvalue weighted by molar-refractivity contribution is 5.84. The number of nitrogens with zero attached hydrogens (tertiary/aromatic N) is 1. The number of hydrogen-bond acceptors (Lipinski definition) is 4. The molecule has 6 heteroatoms. The maximum Gasteiger partial charge on any atom is 0.411 e. The number of primary amides is 1. The van der Waals surface area contributed by atoms with Crippen molar-refractivity contribution in [3.8, 4) is 0 Å². The van der Waals surface area contributed by atoms with Crippen molar-refractivity contribution in [3.63, 3.8) is 0 Å². The topological polar surface area (TPSA) is 81.9 Å². The van der Waals surface area contributed by atoms with Gasteiger partial charge in [-0.3, -0.25) is 9.69 Å². The fraction of sp³-hybridized carbons (Fsp3) is 0.846. The molecule has 0 aliphatic heterocycles. The van der Waals surface area contributed by atoms with Crippen molar-refractivity contribution >= 4 is 12.0 Å². The second-order valence-corrected chi connectivity index (χ2v) is 5.52.